The van der Waals surface area contributed by atoms with Crippen LogP contribution in [0.25, 0.3) is 16.8 Å². The summed E-state index contributed by atoms with van der Waals surface area (Å²) in [5, 5.41) is 5.13. The molecule has 0 aliphatic rings. The first-order valence-electron chi connectivity index (χ1n) is 7.02. The van der Waals surface area contributed by atoms with Crippen molar-refractivity contribution in [3.8, 4) is 11.3 Å². The van der Waals surface area contributed by atoms with Crippen molar-refractivity contribution in [2.75, 3.05) is 16.7 Å². The molecular formula is C15H16N4O2S2. The topological polar surface area (TPSA) is 76.4 Å². The zero-order chi connectivity index (χ0) is 16.4. The van der Waals surface area contributed by atoms with Crippen LogP contribution in [-0.2, 0) is 10.0 Å². The second-order valence-corrected chi connectivity index (χ2v) is 7.64. The second-order valence-electron chi connectivity index (χ2n) is 4.85. The van der Waals surface area contributed by atoms with E-state index in [1.54, 1.807) is 29.8 Å². The quantitative estimate of drug-likeness (QED) is 0.718. The highest BCUT2D eigenvalue weighted by molar-refractivity contribution is 7.98. The number of hydrogen-bond acceptors (Lipinski definition) is 5. The summed E-state index contributed by atoms with van der Waals surface area (Å²) in [6.45, 7) is 1.61. The summed E-state index contributed by atoms with van der Waals surface area (Å²) in [6, 6.07) is 11.1. The van der Waals surface area contributed by atoms with Crippen LogP contribution < -0.4 is 4.72 Å². The molecule has 2 heterocycles. The van der Waals surface area contributed by atoms with E-state index in [0.29, 0.717) is 10.8 Å². The van der Waals surface area contributed by atoms with Crippen LogP contribution in [0.2, 0.25) is 0 Å². The molecule has 0 spiro atoms. The maximum Gasteiger partial charge on any atom is 0.232 e. The molecule has 0 atom stereocenters. The number of fused-ring (bicyclic) bond motifs is 1. The van der Waals surface area contributed by atoms with Crippen LogP contribution in [-0.4, -0.2) is 35.0 Å². The normalized spacial score (nSPS) is 11.7. The molecule has 1 aromatic carbocycles. The average Bonchev–Trinajstić information content (AvgIpc) is 2.98. The number of aromatic nitrogens is 3. The Morgan fingerprint density at radius 2 is 2.00 bits per heavy atom. The van der Waals surface area contributed by atoms with E-state index in [-0.39, 0.29) is 5.75 Å². The third kappa shape index (κ3) is 3.18. The number of thioether (sulfide) groups is 1. The zero-order valence-electron chi connectivity index (χ0n) is 12.7. The first kappa shape index (κ1) is 15.8. The van der Waals surface area contributed by atoms with Gasteiger partial charge in [-0.3, -0.25) is 4.72 Å². The summed E-state index contributed by atoms with van der Waals surface area (Å²) < 4.78 is 28.2. The van der Waals surface area contributed by atoms with Crippen molar-refractivity contribution in [1.29, 1.82) is 0 Å². The molecule has 0 aliphatic carbocycles. The van der Waals surface area contributed by atoms with E-state index in [2.05, 4.69) is 14.8 Å². The Bertz CT molecular complexity index is 951. The Kier molecular flexibility index (Phi) is 4.27. The number of nitrogens with zero attached hydrogens (tertiary/aromatic N) is 3. The van der Waals surface area contributed by atoms with Crippen LogP contribution in [0.3, 0.4) is 0 Å². The molecule has 3 rings (SSSR count). The van der Waals surface area contributed by atoms with Gasteiger partial charge in [-0.05, 0) is 31.4 Å². The summed E-state index contributed by atoms with van der Waals surface area (Å²) in [6.07, 6.45) is 3.66. The van der Waals surface area contributed by atoms with Gasteiger partial charge in [-0.1, -0.05) is 30.0 Å². The summed E-state index contributed by atoms with van der Waals surface area (Å²) in [5.41, 5.74) is 2.98. The Morgan fingerprint density at radius 1 is 1.22 bits per heavy atom. The van der Waals surface area contributed by atoms with Crippen molar-refractivity contribution in [2.24, 2.45) is 0 Å². The van der Waals surface area contributed by atoms with E-state index in [0.717, 1.165) is 16.8 Å². The van der Waals surface area contributed by atoms with Gasteiger partial charge in [0, 0.05) is 5.56 Å². The predicted molar refractivity (Wildman–Crippen MR) is 93.3 cm³/mol. The minimum Gasteiger partial charge on any atom is -0.283 e. The van der Waals surface area contributed by atoms with E-state index < -0.39 is 10.0 Å². The fraction of sp³-hybridized carbons (Fsp3) is 0.200. The van der Waals surface area contributed by atoms with Crippen LogP contribution in [0.15, 0.2) is 47.8 Å². The summed E-state index contributed by atoms with van der Waals surface area (Å²) >= 11 is 1.45. The van der Waals surface area contributed by atoms with Crippen molar-refractivity contribution >= 4 is 33.0 Å². The minimum atomic E-state index is -3.35. The molecule has 23 heavy (non-hydrogen) atoms. The Hall–Kier alpha value is -2.06. The molecule has 0 fully saturated rings. The summed E-state index contributed by atoms with van der Waals surface area (Å²) in [4.78, 5) is 4.25. The van der Waals surface area contributed by atoms with Crippen LogP contribution in [0.4, 0.5) is 5.69 Å². The average molecular weight is 348 g/mol. The predicted octanol–water partition coefficient (Wildman–Crippen LogP) is 2.88. The number of anilines is 1. The number of sulfonamides is 1. The van der Waals surface area contributed by atoms with Gasteiger partial charge in [-0.2, -0.15) is 0 Å². The molecule has 8 heteroatoms. The fourth-order valence-electron chi connectivity index (χ4n) is 2.22. The van der Waals surface area contributed by atoms with Gasteiger partial charge in [0.15, 0.2) is 0 Å². The molecule has 0 amide bonds. The van der Waals surface area contributed by atoms with Gasteiger partial charge in [-0.25, -0.2) is 17.9 Å². The highest BCUT2D eigenvalue weighted by Gasteiger charge is 2.14. The maximum atomic E-state index is 11.9. The molecule has 6 nitrogen and oxygen atoms in total. The van der Waals surface area contributed by atoms with E-state index in [9.17, 15) is 8.42 Å². The van der Waals surface area contributed by atoms with Crippen LogP contribution in [0, 0.1) is 0 Å². The Balaban J connectivity index is 2.16. The van der Waals surface area contributed by atoms with Crippen molar-refractivity contribution in [2.45, 2.75) is 12.1 Å². The summed E-state index contributed by atoms with van der Waals surface area (Å²) in [5.74, 6) is 0.0228. The largest absolute Gasteiger partial charge is 0.283 e. The Morgan fingerprint density at radius 3 is 2.74 bits per heavy atom. The smallest absolute Gasteiger partial charge is 0.232 e. The Labute approximate surface area is 139 Å². The monoisotopic (exact) mass is 348 g/mol. The first-order valence-corrected chi connectivity index (χ1v) is 9.90. The molecule has 1 N–H and O–H groups in total. The third-order valence-corrected chi connectivity index (χ3v) is 5.25. The number of nitrogens with one attached hydrogen (secondary N) is 1. The van der Waals surface area contributed by atoms with E-state index in [4.69, 9.17) is 0 Å². The van der Waals surface area contributed by atoms with Crippen LogP contribution in [0.1, 0.15) is 6.92 Å². The van der Waals surface area contributed by atoms with Gasteiger partial charge in [0.05, 0.1) is 28.8 Å². The SMILES string of the molecule is CCS(=O)(=O)Nc1ccccc1-c1ccc2cnc(SC)nn12. The van der Waals surface area contributed by atoms with Crippen LogP contribution >= 0.6 is 11.8 Å². The minimum absolute atomic E-state index is 0.0228. The third-order valence-electron chi connectivity index (χ3n) is 3.41. The molecule has 2 aromatic heterocycles. The maximum absolute atomic E-state index is 11.9. The highest BCUT2D eigenvalue weighted by Crippen LogP contribution is 2.30. The molecule has 0 radical (unpaired) electrons. The van der Waals surface area contributed by atoms with Gasteiger partial charge >= 0.3 is 0 Å². The van der Waals surface area contributed by atoms with E-state index >= 15 is 0 Å². The number of rotatable bonds is 5. The van der Waals surface area contributed by atoms with E-state index in [1.807, 2.05) is 30.5 Å². The highest BCUT2D eigenvalue weighted by atomic mass is 32.2. The molecule has 0 unspecified atom stereocenters. The van der Waals surface area contributed by atoms with Crippen molar-refractivity contribution < 1.29 is 8.42 Å². The number of para-hydroxylation sites is 1. The van der Waals surface area contributed by atoms with Gasteiger partial charge in [0.2, 0.25) is 15.2 Å². The van der Waals surface area contributed by atoms with Gasteiger partial charge in [-0.15, -0.1) is 5.10 Å². The second kappa shape index (κ2) is 6.21. The molecule has 0 bridgehead atoms. The lowest BCUT2D eigenvalue weighted by Gasteiger charge is -2.11. The molecule has 3 aromatic rings. The van der Waals surface area contributed by atoms with Gasteiger partial charge < -0.3 is 0 Å². The summed E-state index contributed by atoms with van der Waals surface area (Å²) in [7, 11) is -3.35. The molecular weight excluding hydrogens is 332 g/mol. The molecule has 0 aliphatic heterocycles. The lowest BCUT2D eigenvalue weighted by molar-refractivity contribution is 0.602. The zero-order valence-corrected chi connectivity index (χ0v) is 14.4. The standard InChI is InChI=1S/C15H16N4O2S2/c1-3-23(20,21)18-13-7-5-4-6-12(13)14-9-8-11-10-16-15(22-2)17-19(11)14/h4-10,18H,3H2,1-2H3. The van der Waals surface area contributed by atoms with E-state index in [1.165, 1.54) is 11.8 Å². The lowest BCUT2D eigenvalue weighted by atomic mass is 10.1. The van der Waals surface area contributed by atoms with Crippen LogP contribution in [0.5, 0.6) is 0 Å². The van der Waals surface area contributed by atoms with Crippen molar-refractivity contribution in [3.05, 3.63) is 42.6 Å². The van der Waals surface area contributed by atoms with Gasteiger partial charge in [0.25, 0.3) is 0 Å². The van der Waals surface area contributed by atoms with Crippen molar-refractivity contribution in [3.63, 3.8) is 0 Å². The number of benzene rings is 1. The first-order chi connectivity index (χ1) is 11.0. The molecule has 120 valence electrons. The lowest BCUT2D eigenvalue weighted by Crippen LogP contribution is -2.15. The van der Waals surface area contributed by atoms with Gasteiger partial charge in [0.1, 0.15) is 0 Å². The van der Waals surface area contributed by atoms with Crippen molar-refractivity contribution in [1.82, 2.24) is 14.6 Å². The molecule has 0 saturated carbocycles. The molecule has 0 saturated heterocycles. The fourth-order valence-corrected chi connectivity index (χ4v) is 3.20. The number of hydrogen-bond donors (Lipinski definition) is 1.